The first-order valence-electron chi connectivity index (χ1n) is 13.4. The fourth-order valence-corrected chi connectivity index (χ4v) is 4.83. The molecule has 0 spiro atoms. The first kappa shape index (κ1) is 27.3. The molecule has 1 fully saturated rings. The number of amides is 2. The second kappa shape index (κ2) is 11.2. The van der Waals surface area contributed by atoms with Gasteiger partial charge in [0.25, 0.3) is 17.5 Å². The summed E-state index contributed by atoms with van der Waals surface area (Å²) in [6.07, 6.45) is 1.46. The lowest BCUT2D eigenvalue weighted by Gasteiger charge is -2.34. The van der Waals surface area contributed by atoms with Crippen molar-refractivity contribution < 1.29 is 19.3 Å². The Morgan fingerprint density at radius 2 is 1.67 bits per heavy atom. The molecule has 1 aliphatic heterocycles. The van der Waals surface area contributed by atoms with Gasteiger partial charge in [-0.3, -0.25) is 24.5 Å². The number of imidazole rings is 1. The van der Waals surface area contributed by atoms with Gasteiger partial charge in [0, 0.05) is 63.1 Å². The topological polar surface area (TPSA) is 172 Å². The van der Waals surface area contributed by atoms with Crippen molar-refractivity contribution in [2.24, 2.45) is 0 Å². The van der Waals surface area contributed by atoms with E-state index in [1.54, 1.807) is 24.0 Å². The molecule has 0 atom stereocenters. The highest BCUT2D eigenvalue weighted by molar-refractivity contribution is 6.04. The quantitative estimate of drug-likeness (QED) is 0.226. The number of anilines is 2. The zero-order valence-corrected chi connectivity index (χ0v) is 22.9. The Hall–Kier alpha value is -5.92. The van der Waals surface area contributed by atoms with Crippen molar-refractivity contribution in [3.05, 3.63) is 94.2 Å². The van der Waals surface area contributed by atoms with Gasteiger partial charge in [-0.25, -0.2) is 9.97 Å². The summed E-state index contributed by atoms with van der Waals surface area (Å²) in [5.74, 6) is 0.135. The van der Waals surface area contributed by atoms with Gasteiger partial charge in [0.05, 0.1) is 21.5 Å². The predicted octanol–water partition coefficient (Wildman–Crippen LogP) is 3.34. The summed E-state index contributed by atoms with van der Waals surface area (Å²) in [7, 11) is 0. The standard InChI is InChI=1S/C29H25N9O5/c1-18(39)35-12-14-36(15-13-35)26-11-8-20(17-30-26)28(40)33-25-16-24(27-31-22-4-2-3-5-23(22)32-27)37(34-25)29(41)19-6-9-21(10-7-19)38(42)43/h2-11,16-17H,12-15H2,1H3,(H,31,32)(H,33,34,40). The minimum absolute atomic E-state index is 0.0417. The summed E-state index contributed by atoms with van der Waals surface area (Å²) >= 11 is 0. The Balaban J connectivity index is 1.25. The minimum atomic E-state index is -0.568. The third-order valence-electron chi connectivity index (χ3n) is 7.16. The fourth-order valence-electron chi connectivity index (χ4n) is 4.83. The van der Waals surface area contributed by atoms with Gasteiger partial charge in [-0.05, 0) is 36.4 Å². The summed E-state index contributed by atoms with van der Waals surface area (Å²) in [6.45, 7) is 4.05. The van der Waals surface area contributed by atoms with Gasteiger partial charge in [0.15, 0.2) is 11.6 Å². The summed E-state index contributed by atoms with van der Waals surface area (Å²) < 4.78 is 1.09. The average Bonchev–Trinajstić information content (AvgIpc) is 3.65. The number of aromatic nitrogens is 5. The van der Waals surface area contributed by atoms with E-state index in [1.165, 1.54) is 36.5 Å². The van der Waals surface area contributed by atoms with Gasteiger partial charge in [0.2, 0.25) is 5.91 Å². The number of H-pyrrole nitrogens is 1. The molecular weight excluding hydrogens is 554 g/mol. The summed E-state index contributed by atoms with van der Waals surface area (Å²) in [4.78, 5) is 64.7. The molecule has 14 nitrogen and oxygen atoms in total. The zero-order chi connectivity index (χ0) is 30.1. The number of nitrogens with one attached hydrogen (secondary N) is 2. The van der Waals surface area contributed by atoms with Crippen molar-refractivity contribution in [3.8, 4) is 11.5 Å². The third kappa shape index (κ3) is 5.53. The second-order valence-electron chi connectivity index (χ2n) is 9.89. The van der Waals surface area contributed by atoms with Crippen LogP contribution in [0.4, 0.5) is 17.3 Å². The van der Waals surface area contributed by atoms with E-state index in [9.17, 15) is 24.5 Å². The lowest BCUT2D eigenvalue weighted by atomic mass is 10.2. The van der Waals surface area contributed by atoms with Crippen LogP contribution < -0.4 is 10.2 Å². The molecule has 3 aromatic heterocycles. The van der Waals surface area contributed by atoms with Gasteiger partial charge >= 0.3 is 0 Å². The molecule has 1 saturated heterocycles. The maximum absolute atomic E-state index is 13.5. The van der Waals surface area contributed by atoms with Crippen LogP contribution in [0.3, 0.4) is 0 Å². The number of fused-ring (bicyclic) bond motifs is 1. The Morgan fingerprint density at radius 3 is 2.33 bits per heavy atom. The number of carbonyl (C=O) groups excluding carboxylic acids is 3. The first-order valence-corrected chi connectivity index (χ1v) is 13.4. The molecule has 1 aliphatic rings. The zero-order valence-electron chi connectivity index (χ0n) is 22.9. The summed E-state index contributed by atoms with van der Waals surface area (Å²) in [6, 6.07) is 17.4. The lowest BCUT2D eigenvalue weighted by Crippen LogP contribution is -2.48. The van der Waals surface area contributed by atoms with E-state index in [0.29, 0.717) is 43.3 Å². The minimum Gasteiger partial charge on any atom is -0.353 e. The van der Waals surface area contributed by atoms with Gasteiger partial charge in [-0.15, -0.1) is 5.10 Å². The molecule has 0 radical (unpaired) electrons. The average molecular weight is 580 g/mol. The highest BCUT2D eigenvalue weighted by atomic mass is 16.6. The predicted molar refractivity (Wildman–Crippen MR) is 157 cm³/mol. The third-order valence-corrected chi connectivity index (χ3v) is 7.16. The number of piperazine rings is 1. The lowest BCUT2D eigenvalue weighted by molar-refractivity contribution is -0.384. The van der Waals surface area contributed by atoms with Crippen molar-refractivity contribution in [2.45, 2.75) is 6.92 Å². The number of aromatic amines is 1. The first-order chi connectivity index (χ1) is 20.8. The van der Waals surface area contributed by atoms with Crippen LogP contribution >= 0.6 is 0 Å². The number of benzene rings is 2. The van der Waals surface area contributed by atoms with Crippen molar-refractivity contribution >= 4 is 46.1 Å². The van der Waals surface area contributed by atoms with Crippen LogP contribution in [-0.4, -0.2) is 78.5 Å². The molecule has 2 N–H and O–H groups in total. The van der Waals surface area contributed by atoms with Crippen molar-refractivity contribution in [3.63, 3.8) is 0 Å². The molecule has 4 heterocycles. The number of pyridine rings is 1. The van der Waals surface area contributed by atoms with E-state index in [4.69, 9.17) is 0 Å². The highest BCUT2D eigenvalue weighted by Gasteiger charge is 2.23. The number of nitro benzene ring substituents is 1. The normalized spacial score (nSPS) is 13.2. The van der Waals surface area contributed by atoms with Gasteiger partial charge in [-0.2, -0.15) is 4.68 Å². The maximum Gasteiger partial charge on any atom is 0.278 e. The van der Waals surface area contributed by atoms with Gasteiger partial charge in [0.1, 0.15) is 11.5 Å². The molecule has 2 aromatic carbocycles. The summed E-state index contributed by atoms with van der Waals surface area (Å²) in [5, 5.41) is 18.1. The van der Waals surface area contributed by atoms with Crippen molar-refractivity contribution in [2.75, 3.05) is 36.4 Å². The largest absolute Gasteiger partial charge is 0.353 e. The van der Waals surface area contributed by atoms with E-state index in [0.717, 1.165) is 10.2 Å². The molecule has 43 heavy (non-hydrogen) atoms. The van der Waals surface area contributed by atoms with E-state index < -0.39 is 16.7 Å². The molecule has 0 bridgehead atoms. The molecule has 0 saturated carbocycles. The van der Waals surface area contributed by atoms with Crippen LogP contribution in [0.1, 0.15) is 27.6 Å². The number of hydrogen-bond donors (Lipinski definition) is 2. The van der Waals surface area contributed by atoms with E-state index in [2.05, 4.69) is 25.4 Å². The van der Waals surface area contributed by atoms with Crippen LogP contribution in [0.25, 0.3) is 22.6 Å². The van der Waals surface area contributed by atoms with Crippen molar-refractivity contribution in [1.29, 1.82) is 0 Å². The van der Waals surface area contributed by atoms with E-state index in [-0.39, 0.29) is 34.2 Å². The van der Waals surface area contributed by atoms with Crippen LogP contribution in [0.15, 0.2) is 72.9 Å². The van der Waals surface area contributed by atoms with Crippen LogP contribution in [-0.2, 0) is 4.79 Å². The number of nitro groups is 1. The van der Waals surface area contributed by atoms with Crippen LogP contribution in [0.5, 0.6) is 0 Å². The second-order valence-corrected chi connectivity index (χ2v) is 9.89. The molecule has 14 heteroatoms. The summed E-state index contributed by atoms with van der Waals surface area (Å²) in [5.41, 5.74) is 1.99. The van der Waals surface area contributed by atoms with Crippen LogP contribution in [0, 0.1) is 10.1 Å². The molecule has 5 aromatic rings. The van der Waals surface area contributed by atoms with Crippen LogP contribution in [0.2, 0.25) is 0 Å². The van der Waals surface area contributed by atoms with Gasteiger partial charge < -0.3 is 20.1 Å². The Kier molecular flexibility index (Phi) is 7.07. The molecule has 6 rings (SSSR count). The Morgan fingerprint density at radius 1 is 0.953 bits per heavy atom. The SMILES string of the molecule is CC(=O)N1CCN(c2ccc(C(=O)Nc3cc(-c4nc5ccccc5[nH]4)n(C(=O)c4ccc([N+](=O)[O-])cc4)n3)cn2)CC1. The van der Waals surface area contributed by atoms with Gasteiger partial charge in [-0.1, -0.05) is 12.1 Å². The molecule has 0 aliphatic carbocycles. The van der Waals surface area contributed by atoms with Crippen molar-refractivity contribution in [1.82, 2.24) is 29.6 Å². The number of non-ortho nitro benzene ring substituents is 1. The van der Waals surface area contributed by atoms with E-state index in [1.807, 2.05) is 29.2 Å². The number of nitrogens with zero attached hydrogens (tertiary/aromatic N) is 7. The maximum atomic E-state index is 13.5. The number of rotatable bonds is 6. The smallest absolute Gasteiger partial charge is 0.278 e. The Labute approximate surface area is 244 Å². The number of hydrogen-bond acceptors (Lipinski definition) is 9. The monoisotopic (exact) mass is 579 g/mol. The molecular formula is C29H25N9O5. The molecule has 2 amide bonds. The number of carbonyl (C=O) groups is 3. The Bertz CT molecular complexity index is 1820. The molecule has 216 valence electrons. The fraction of sp³-hybridized carbons (Fsp3) is 0.172. The highest BCUT2D eigenvalue weighted by Crippen LogP contribution is 2.25. The number of para-hydroxylation sites is 2. The van der Waals surface area contributed by atoms with E-state index >= 15 is 0 Å². The molecule has 0 unspecified atom stereocenters.